The van der Waals surface area contributed by atoms with E-state index in [2.05, 4.69) is 17.0 Å². The molecule has 0 saturated heterocycles. The third-order valence-electron chi connectivity index (χ3n) is 4.09. The van der Waals surface area contributed by atoms with E-state index in [1.807, 2.05) is 32.0 Å². The maximum Gasteiger partial charge on any atom is 0.170 e. The molecule has 5 nitrogen and oxygen atoms in total. The predicted octanol–water partition coefficient (Wildman–Crippen LogP) is 3.98. The summed E-state index contributed by atoms with van der Waals surface area (Å²) in [6, 6.07) is 17.3. The molecule has 28 heavy (non-hydrogen) atoms. The van der Waals surface area contributed by atoms with Crippen LogP contribution in [-0.2, 0) is 16.0 Å². The SMILES string of the molecule is CCOC(CN(Cc1ccccc1)CC(O)COc1ccc(Cl)cc1)OCC. The van der Waals surface area contributed by atoms with Gasteiger partial charge < -0.3 is 19.3 Å². The highest BCUT2D eigenvalue weighted by molar-refractivity contribution is 6.30. The summed E-state index contributed by atoms with van der Waals surface area (Å²) in [5, 5.41) is 11.2. The summed E-state index contributed by atoms with van der Waals surface area (Å²) in [5.41, 5.74) is 1.17. The molecule has 1 unspecified atom stereocenters. The van der Waals surface area contributed by atoms with E-state index in [1.165, 1.54) is 5.56 Å². The second-order valence-corrected chi connectivity index (χ2v) is 6.88. The molecule has 0 aliphatic carbocycles. The Labute approximate surface area is 172 Å². The van der Waals surface area contributed by atoms with Crippen LogP contribution in [0.4, 0.5) is 0 Å². The lowest BCUT2D eigenvalue weighted by atomic mass is 10.2. The molecule has 0 radical (unpaired) electrons. The smallest absolute Gasteiger partial charge is 0.170 e. The van der Waals surface area contributed by atoms with Crippen LogP contribution in [0.1, 0.15) is 19.4 Å². The van der Waals surface area contributed by atoms with Crippen molar-refractivity contribution in [3.05, 3.63) is 65.2 Å². The molecular weight excluding hydrogens is 378 g/mol. The fraction of sp³-hybridized carbons (Fsp3) is 0.455. The van der Waals surface area contributed by atoms with Crippen LogP contribution in [0.3, 0.4) is 0 Å². The molecule has 6 heteroatoms. The van der Waals surface area contributed by atoms with Crippen molar-refractivity contribution >= 4 is 11.6 Å². The van der Waals surface area contributed by atoms with Crippen molar-refractivity contribution in [1.29, 1.82) is 0 Å². The first-order chi connectivity index (χ1) is 13.6. The minimum absolute atomic E-state index is 0.195. The van der Waals surface area contributed by atoms with Gasteiger partial charge in [0.1, 0.15) is 18.5 Å². The van der Waals surface area contributed by atoms with Gasteiger partial charge in [-0.15, -0.1) is 0 Å². The zero-order valence-corrected chi connectivity index (χ0v) is 17.3. The van der Waals surface area contributed by atoms with Crippen LogP contribution in [0.2, 0.25) is 5.02 Å². The van der Waals surface area contributed by atoms with Crippen LogP contribution in [0.15, 0.2) is 54.6 Å². The summed E-state index contributed by atoms with van der Waals surface area (Å²) >= 11 is 5.88. The lowest BCUT2D eigenvalue weighted by Gasteiger charge is -2.29. The molecular formula is C22H30ClNO4. The van der Waals surface area contributed by atoms with Crippen LogP contribution in [0.5, 0.6) is 5.75 Å². The summed E-state index contributed by atoms with van der Waals surface area (Å²) in [5.74, 6) is 0.680. The van der Waals surface area contributed by atoms with Gasteiger partial charge in [-0.1, -0.05) is 41.9 Å². The second kappa shape index (κ2) is 12.8. The van der Waals surface area contributed by atoms with Crippen LogP contribution in [0, 0.1) is 0 Å². The molecule has 0 aromatic heterocycles. The van der Waals surface area contributed by atoms with Crippen molar-refractivity contribution in [2.24, 2.45) is 0 Å². The third-order valence-corrected chi connectivity index (χ3v) is 4.34. The van der Waals surface area contributed by atoms with Crippen molar-refractivity contribution in [2.45, 2.75) is 32.8 Å². The molecule has 1 atom stereocenters. The Morgan fingerprint density at radius 2 is 1.57 bits per heavy atom. The minimum Gasteiger partial charge on any atom is -0.491 e. The van der Waals surface area contributed by atoms with Crippen molar-refractivity contribution < 1.29 is 19.3 Å². The maximum atomic E-state index is 10.5. The molecule has 0 amide bonds. The largest absolute Gasteiger partial charge is 0.491 e. The van der Waals surface area contributed by atoms with Gasteiger partial charge in [-0.05, 0) is 43.7 Å². The number of halogens is 1. The molecule has 2 aromatic carbocycles. The fourth-order valence-electron chi connectivity index (χ4n) is 2.86. The van der Waals surface area contributed by atoms with E-state index >= 15 is 0 Å². The number of benzene rings is 2. The molecule has 0 spiro atoms. The van der Waals surface area contributed by atoms with E-state index in [-0.39, 0.29) is 12.9 Å². The monoisotopic (exact) mass is 407 g/mol. The van der Waals surface area contributed by atoms with Crippen LogP contribution >= 0.6 is 11.6 Å². The number of aliphatic hydroxyl groups excluding tert-OH is 1. The number of hydrogen-bond acceptors (Lipinski definition) is 5. The number of aliphatic hydroxyl groups is 1. The van der Waals surface area contributed by atoms with E-state index in [4.69, 9.17) is 25.8 Å². The first-order valence-electron chi connectivity index (χ1n) is 9.66. The number of rotatable bonds is 13. The molecule has 1 N–H and O–H groups in total. The molecule has 0 aliphatic heterocycles. The maximum absolute atomic E-state index is 10.5. The average Bonchev–Trinajstić information content (AvgIpc) is 2.69. The van der Waals surface area contributed by atoms with E-state index in [0.717, 1.165) is 0 Å². The Morgan fingerprint density at radius 1 is 0.929 bits per heavy atom. The van der Waals surface area contributed by atoms with Gasteiger partial charge in [-0.25, -0.2) is 0 Å². The molecule has 0 fully saturated rings. The van der Waals surface area contributed by atoms with Gasteiger partial charge in [0.25, 0.3) is 0 Å². The molecule has 0 heterocycles. The normalized spacial score (nSPS) is 12.5. The van der Waals surface area contributed by atoms with E-state index in [0.29, 0.717) is 43.6 Å². The highest BCUT2D eigenvalue weighted by Gasteiger charge is 2.18. The summed E-state index contributed by atoms with van der Waals surface area (Å²) in [7, 11) is 0. The van der Waals surface area contributed by atoms with Gasteiger partial charge in [0.15, 0.2) is 6.29 Å². The van der Waals surface area contributed by atoms with Crippen LogP contribution in [-0.4, -0.2) is 55.3 Å². The van der Waals surface area contributed by atoms with Crippen LogP contribution < -0.4 is 4.74 Å². The molecule has 154 valence electrons. The lowest BCUT2D eigenvalue weighted by molar-refractivity contribution is -0.150. The molecule has 2 rings (SSSR count). The van der Waals surface area contributed by atoms with Gasteiger partial charge in [0.05, 0.1) is 0 Å². The Hall–Kier alpha value is -1.63. The first kappa shape index (κ1) is 22.7. The van der Waals surface area contributed by atoms with Crippen molar-refractivity contribution in [2.75, 3.05) is 32.9 Å². The predicted molar refractivity (Wildman–Crippen MR) is 112 cm³/mol. The van der Waals surface area contributed by atoms with Gasteiger partial charge in [0.2, 0.25) is 0 Å². The number of nitrogens with zero attached hydrogens (tertiary/aromatic N) is 1. The topological polar surface area (TPSA) is 51.2 Å². The Balaban J connectivity index is 1.95. The zero-order valence-electron chi connectivity index (χ0n) is 16.6. The highest BCUT2D eigenvalue weighted by atomic mass is 35.5. The van der Waals surface area contributed by atoms with E-state index in [9.17, 15) is 5.11 Å². The molecule has 0 bridgehead atoms. The fourth-order valence-corrected chi connectivity index (χ4v) is 2.98. The second-order valence-electron chi connectivity index (χ2n) is 6.44. The molecule has 0 saturated carbocycles. The highest BCUT2D eigenvalue weighted by Crippen LogP contribution is 2.16. The standard InChI is InChI=1S/C22H30ClNO4/c1-3-26-22(27-4-2)16-24(14-18-8-6-5-7-9-18)15-20(25)17-28-21-12-10-19(23)11-13-21/h5-13,20,22,25H,3-4,14-17H2,1-2H3. The van der Waals surface area contributed by atoms with E-state index in [1.54, 1.807) is 24.3 Å². The Bertz CT molecular complexity index is 647. The summed E-state index contributed by atoms with van der Waals surface area (Å²) in [6.45, 7) is 6.94. The Morgan fingerprint density at radius 3 is 2.18 bits per heavy atom. The van der Waals surface area contributed by atoms with Crippen molar-refractivity contribution in [1.82, 2.24) is 4.90 Å². The van der Waals surface area contributed by atoms with Gasteiger partial charge >= 0.3 is 0 Å². The lowest BCUT2D eigenvalue weighted by Crippen LogP contribution is -2.41. The Kier molecular flexibility index (Phi) is 10.3. The number of hydrogen-bond donors (Lipinski definition) is 1. The van der Waals surface area contributed by atoms with Gasteiger partial charge in [-0.3, -0.25) is 4.90 Å². The van der Waals surface area contributed by atoms with Gasteiger partial charge in [0, 0.05) is 37.9 Å². The van der Waals surface area contributed by atoms with Crippen molar-refractivity contribution in [3.8, 4) is 5.75 Å². The average molecular weight is 408 g/mol. The van der Waals surface area contributed by atoms with Crippen LogP contribution in [0.25, 0.3) is 0 Å². The number of ether oxygens (including phenoxy) is 3. The zero-order chi connectivity index (χ0) is 20.2. The summed E-state index contributed by atoms with van der Waals surface area (Å²) in [6.07, 6.45) is -0.980. The third kappa shape index (κ3) is 8.59. The molecule has 2 aromatic rings. The summed E-state index contributed by atoms with van der Waals surface area (Å²) < 4.78 is 17.0. The minimum atomic E-state index is -0.650. The van der Waals surface area contributed by atoms with E-state index < -0.39 is 6.10 Å². The quantitative estimate of drug-likeness (QED) is 0.509. The van der Waals surface area contributed by atoms with Crippen molar-refractivity contribution in [3.63, 3.8) is 0 Å². The summed E-state index contributed by atoms with van der Waals surface area (Å²) in [4.78, 5) is 2.13. The molecule has 0 aliphatic rings. The van der Waals surface area contributed by atoms with Gasteiger partial charge in [-0.2, -0.15) is 0 Å². The first-order valence-corrected chi connectivity index (χ1v) is 10.0.